The van der Waals surface area contributed by atoms with Gasteiger partial charge in [-0.1, -0.05) is 6.07 Å². The van der Waals surface area contributed by atoms with E-state index in [0.29, 0.717) is 12.4 Å². The minimum atomic E-state index is -0.617. The van der Waals surface area contributed by atoms with Gasteiger partial charge in [0.25, 0.3) is 0 Å². The molecular formula is C9H12N6OS. The lowest BCUT2D eigenvalue weighted by atomic mass is 10.2. The van der Waals surface area contributed by atoms with Gasteiger partial charge in [-0.05, 0) is 47.9 Å². The van der Waals surface area contributed by atoms with E-state index in [1.165, 1.54) is 4.41 Å². The minimum Gasteiger partial charge on any atom is -0.351 e. The number of aryl methyl sites for hydroxylation is 1. The molecule has 90 valence electrons. The highest BCUT2D eigenvalue weighted by atomic mass is 32.1. The predicted molar refractivity (Wildman–Crippen MR) is 67.4 cm³/mol. The van der Waals surface area contributed by atoms with Gasteiger partial charge in [-0.3, -0.25) is 0 Å². The average Bonchev–Trinajstić information content (AvgIpc) is 2.67. The highest BCUT2D eigenvalue weighted by Crippen LogP contribution is 2.30. The molecule has 0 aliphatic carbocycles. The van der Waals surface area contributed by atoms with Crippen molar-refractivity contribution in [1.82, 2.24) is 4.41 Å². The van der Waals surface area contributed by atoms with Crippen LogP contribution in [0.1, 0.15) is 5.56 Å². The van der Waals surface area contributed by atoms with Crippen LogP contribution in [0.4, 0.5) is 16.2 Å². The normalized spacial score (nSPS) is 14.2. The van der Waals surface area contributed by atoms with E-state index in [1.54, 1.807) is 11.1 Å². The van der Waals surface area contributed by atoms with Crippen molar-refractivity contribution in [3.05, 3.63) is 23.8 Å². The largest absolute Gasteiger partial charge is 0.351 e. The van der Waals surface area contributed by atoms with Crippen molar-refractivity contribution in [2.45, 2.75) is 6.92 Å². The zero-order valence-corrected chi connectivity index (χ0v) is 10.1. The van der Waals surface area contributed by atoms with E-state index in [4.69, 9.17) is 5.73 Å². The van der Waals surface area contributed by atoms with E-state index in [-0.39, 0.29) is 0 Å². The molecule has 0 saturated carbocycles. The Balaban J connectivity index is 2.33. The number of nitrogens with two attached hydrogens (primary N) is 1. The third-order valence-electron chi connectivity index (χ3n) is 2.20. The highest BCUT2D eigenvalue weighted by Gasteiger charge is 2.18. The van der Waals surface area contributed by atoms with Crippen LogP contribution < -0.4 is 16.1 Å². The molecule has 17 heavy (non-hydrogen) atoms. The number of primary amides is 1. The number of nitrogens with zero attached hydrogens (tertiary/aromatic N) is 4. The molecule has 0 atom stereocenters. The van der Waals surface area contributed by atoms with Gasteiger partial charge < -0.3 is 11.1 Å². The number of nitrogens with one attached hydrogen (secondary N) is 1. The van der Waals surface area contributed by atoms with Gasteiger partial charge in [0.15, 0.2) is 0 Å². The van der Waals surface area contributed by atoms with Crippen molar-refractivity contribution < 1.29 is 4.79 Å². The number of urea groups is 1. The molecule has 1 aromatic carbocycles. The van der Waals surface area contributed by atoms with Gasteiger partial charge >= 0.3 is 6.03 Å². The van der Waals surface area contributed by atoms with Crippen LogP contribution >= 0.6 is 12.8 Å². The fourth-order valence-corrected chi connectivity index (χ4v) is 1.64. The Morgan fingerprint density at radius 3 is 2.88 bits per heavy atom. The molecule has 0 unspecified atom stereocenters. The summed E-state index contributed by atoms with van der Waals surface area (Å²) in [6.45, 7) is 2.35. The van der Waals surface area contributed by atoms with Crippen LogP contribution in [0.15, 0.2) is 28.6 Å². The second kappa shape index (κ2) is 4.50. The standard InChI is InChI=1S/C9H12N6OS/c1-6-2-3-7(11-9(10)16)8(4-6)14-5-15(17)13-12-14/h2-4,17H,5H2,1H3,(H3,10,11,16). The molecule has 0 spiro atoms. The third kappa shape index (κ3) is 2.59. The molecule has 3 N–H and O–H groups in total. The molecule has 0 saturated heterocycles. The number of benzene rings is 1. The van der Waals surface area contributed by atoms with Crippen molar-refractivity contribution in [3.63, 3.8) is 0 Å². The highest BCUT2D eigenvalue weighted by molar-refractivity contribution is 7.77. The summed E-state index contributed by atoms with van der Waals surface area (Å²) in [6.07, 6.45) is 0. The number of amides is 2. The molecule has 0 radical (unpaired) electrons. The molecule has 1 aromatic rings. The summed E-state index contributed by atoms with van der Waals surface area (Å²) >= 11 is 4.05. The van der Waals surface area contributed by atoms with Crippen LogP contribution in [-0.4, -0.2) is 17.1 Å². The second-order valence-electron chi connectivity index (χ2n) is 3.60. The Hall–Kier alpha value is -1.96. The maximum Gasteiger partial charge on any atom is 0.316 e. The SMILES string of the molecule is Cc1ccc(NC(N)=O)c(N2CN(S)N=N2)c1. The van der Waals surface area contributed by atoms with Crippen LogP contribution in [0.5, 0.6) is 0 Å². The fourth-order valence-electron chi connectivity index (χ4n) is 1.49. The van der Waals surface area contributed by atoms with Gasteiger partial charge in [-0.25, -0.2) is 14.2 Å². The molecule has 0 fully saturated rings. The summed E-state index contributed by atoms with van der Waals surface area (Å²) in [4.78, 5) is 10.9. The van der Waals surface area contributed by atoms with Gasteiger partial charge in [0, 0.05) is 0 Å². The van der Waals surface area contributed by atoms with Crippen LogP contribution in [0.3, 0.4) is 0 Å². The molecule has 7 nitrogen and oxygen atoms in total. The lowest BCUT2D eigenvalue weighted by Crippen LogP contribution is -2.24. The Bertz CT molecular complexity index is 477. The molecule has 8 heteroatoms. The summed E-state index contributed by atoms with van der Waals surface area (Å²) < 4.78 is 1.39. The summed E-state index contributed by atoms with van der Waals surface area (Å²) in [5, 5.41) is 11.8. The topological polar surface area (TPSA) is 86.3 Å². The second-order valence-corrected chi connectivity index (χ2v) is 4.06. The fraction of sp³-hybridized carbons (Fsp3) is 0.222. The van der Waals surface area contributed by atoms with Gasteiger partial charge in [0.1, 0.15) is 6.67 Å². The Morgan fingerprint density at radius 1 is 1.53 bits per heavy atom. The van der Waals surface area contributed by atoms with Crippen molar-refractivity contribution in [3.8, 4) is 0 Å². The van der Waals surface area contributed by atoms with E-state index in [0.717, 1.165) is 11.3 Å². The van der Waals surface area contributed by atoms with E-state index in [1.807, 2.05) is 19.1 Å². The van der Waals surface area contributed by atoms with E-state index >= 15 is 0 Å². The Morgan fingerprint density at radius 2 is 2.29 bits per heavy atom. The molecule has 1 heterocycles. The number of carbonyl (C=O) groups excluding carboxylic acids is 1. The van der Waals surface area contributed by atoms with Crippen molar-refractivity contribution >= 4 is 30.2 Å². The molecule has 0 bridgehead atoms. The number of thiol groups is 1. The predicted octanol–water partition coefficient (Wildman–Crippen LogP) is 1.69. The maximum atomic E-state index is 10.9. The Labute approximate surface area is 104 Å². The first-order chi connectivity index (χ1) is 8.06. The van der Waals surface area contributed by atoms with E-state index in [9.17, 15) is 4.79 Å². The van der Waals surface area contributed by atoms with Gasteiger partial charge in [-0.15, -0.1) is 0 Å². The maximum absolute atomic E-state index is 10.9. The smallest absolute Gasteiger partial charge is 0.316 e. The number of hydrogen-bond donors (Lipinski definition) is 3. The summed E-state index contributed by atoms with van der Waals surface area (Å²) in [7, 11) is 0. The lowest BCUT2D eigenvalue weighted by molar-refractivity contribution is 0.259. The molecule has 2 rings (SSSR count). The van der Waals surface area contributed by atoms with Crippen LogP contribution in [-0.2, 0) is 0 Å². The van der Waals surface area contributed by atoms with Crippen molar-refractivity contribution in [2.75, 3.05) is 17.0 Å². The number of anilines is 2. The first kappa shape index (κ1) is 11.5. The Kier molecular flexibility index (Phi) is 3.05. The molecule has 1 aliphatic rings. The molecular weight excluding hydrogens is 240 g/mol. The van der Waals surface area contributed by atoms with Crippen molar-refractivity contribution in [1.29, 1.82) is 0 Å². The zero-order chi connectivity index (χ0) is 12.4. The molecule has 0 aromatic heterocycles. The van der Waals surface area contributed by atoms with Crippen LogP contribution in [0, 0.1) is 6.92 Å². The summed E-state index contributed by atoms with van der Waals surface area (Å²) in [6, 6.07) is 4.91. The molecule has 1 aliphatic heterocycles. The lowest BCUT2D eigenvalue weighted by Gasteiger charge is -2.17. The quantitative estimate of drug-likeness (QED) is 0.700. The monoisotopic (exact) mass is 252 g/mol. The molecule has 2 amide bonds. The number of carbonyl (C=O) groups is 1. The minimum absolute atomic E-state index is 0.403. The van der Waals surface area contributed by atoms with Gasteiger partial charge in [0.05, 0.1) is 11.4 Å². The summed E-state index contributed by atoms with van der Waals surface area (Å²) in [5.41, 5.74) is 7.47. The first-order valence-electron chi connectivity index (χ1n) is 4.89. The number of hydrogen-bond acceptors (Lipinski definition) is 6. The van der Waals surface area contributed by atoms with E-state index in [2.05, 4.69) is 28.6 Å². The van der Waals surface area contributed by atoms with Crippen molar-refractivity contribution in [2.24, 2.45) is 16.2 Å². The van der Waals surface area contributed by atoms with Gasteiger partial charge in [-0.2, -0.15) is 0 Å². The average molecular weight is 252 g/mol. The van der Waals surface area contributed by atoms with Gasteiger partial charge in [0.2, 0.25) is 0 Å². The van der Waals surface area contributed by atoms with E-state index < -0.39 is 6.03 Å². The zero-order valence-electron chi connectivity index (χ0n) is 9.16. The van der Waals surface area contributed by atoms with Crippen LogP contribution in [0.2, 0.25) is 0 Å². The number of rotatable bonds is 2. The van der Waals surface area contributed by atoms with Crippen LogP contribution in [0.25, 0.3) is 0 Å². The first-order valence-corrected chi connectivity index (χ1v) is 5.29. The summed E-state index contributed by atoms with van der Waals surface area (Å²) in [5.74, 6) is 0. The third-order valence-corrected chi connectivity index (χ3v) is 2.41.